The smallest absolute Gasteiger partial charge is 0.465 e. The fourth-order valence-corrected chi connectivity index (χ4v) is 27.2. The Balaban J connectivity index is 0.00000139. The molecule has 1 aliphatic rings. The van der Waals surface area contributed by atoms with Gasteiger partial charge in [0.1, 0.15) is 19.8 Å². The standard InChI is InChI=1S/C20H22O3S.C18H44O5Si4.C18H36O2.C15H17ClO3S.C12H19N.C9H19NO2/c1-3-15(2)20(22)23-13-14-24-18-11-9-17(10-12-18)19(21)16-7-5-4-6-8-16;1-13-18(2,3)17(19)20-15-14-16-27(21-24(4,5)6,22-25(7,8)9)23-26(10,11)12;1-5-7-8-9-10-11-12-13-14-15-16-20-17(19)18(3,4)6-2;1-3-9(2)15(18)19-8-11-7-13(17)12-6-10(16)4-5-14(12)20-11;1-5-10(2)11-6-8-12(9-7-11)13(3)4;1-5-8(2)9(11)12-7-6-10(3)4/h4-12,15H,3,13-14H2,1-2H3;13-16H2,1-12H3;5-16H2,1-4H3;4-6,9,11H,3,7-8H2,1-2H3;6-10H,5H2,1-4H3;8H,5-7H2,1-4H3. The number of Topliss-reactive ketones (excluding diaryl/α,β-unsaturated/α-hetero) is 1. The average Bonchev–Trinajstić information content (AvgIpc) is 0.809. The first kappa shape index (κ1) is 111. The summed E-state index contributed by atoms with van der Waals surface area (Å²) in [6.07, 6.45) is 19.4. The first-order chi connectivity index (χ1) is 54.2. The van der Waals surface area contributed by atoms with Gasteiger partial charge in [0.15, 0.2) is 36.5 Å². The fraction of sp³-hybridized carbons (Fsp3) is 0.663. The molecule has 24 heteroatoms. The number of esters is 5. The Morgan fingerprint density at radius 3 is 1.39 bits per heavy atom. The SMILES string of the molecule is CCC(C)(C)C(=O)OCCC[Si](O[Si](C)(C)C)(O[Si](C)(C)C)O[Si](C)(C)C.CCC(C)C(=O)OCC1CC(=O)c2cc(Cl)ccc2S1.CCC(C)C(=O)OCCN(C)C.CCC(C)C(=O)OCCSc1ccc(C(=O)c2ccccc2)cc1.CCC(C)c1ccc(N(C)C)cc1.CCCCCCCCCCCCOC(=O)C(C)(C)CC. The average molecular weight is 1740 g/mol. The van der Waals surface area contributed by atoms with Crippen LogP contribution in [0.3, 0.4) is 0 Å². The number of fused-ring (bicyclic) bond motifs is 1. The lowest BCUT2D eigenvalue weighted by molar-refractivity contribution is -0.155. The van der Waals surface area contributed by atoms with E-state index in [1.807, 2.05) is 163 Å². The van der Waals surface area contributed by atoms with Crippen LogP contribution >= 0.6 is 35.1 Å². The number of rotatable bonds is 45. The van der Waals surface area contributed by atoms with Gasteiger partial charge < -0.3 is 45.8 Å². The number of carbonyl (C=O) groups excluding carboxylic acids is 7. The topological polar surface area (TPSA) is 200 Å². The van der Waals surface area contributed by atoms with Crippen LogP contribution in [0.25, 0.3) is 0 Å². The molecule has 0 aromatic heterocycles. The van der Waals surface area contributed by atoms with Gasteiger partial charge in [0.25, 0.3) is 0 Å². The van der Waals surface area contributed by atoms with Crippen LogP contribution in [0.2, 0.25) is 70.0 Å². The molecule has 17 nitrogen and oxygen atoms in total. The molecule has 0 saturated heterocycles. The molecule has 116 heavy (non-hydrogen) atoms. The summed E-state index contributed by atoms with van der Waals surface area (Å²) in [5, 5.41) is 0.559. The third-order valence-corrected chi connectivity index (χ3v) is 33.9. The second-order valence-electron chi connectivity index (χ2n) is 34.9. The van der Waals surface area contributed by atoms with E-state index >= 15 is 0 Å². The molecule has 0 amide bonds. The molecule has 0 N–H and O–H groups in total. The highest BCUT2D eigenvalue weighted by atomic mass is 35.5. The van der Waals surface area contributed by atoms with Crippen molar-refractivity contribution in [3.05, 3.63) is 124 Å². The summed E-state index contributed by atoms with van der Waals surface area (Å²) in [5.41, 5.74) is 3.99. The molecule has 660 valence electrons. The quantitative estimate of drug-likeness (QED) is 0.0101. The summed E-state index contributed by atoms with van der Waals surface area (Å²) in [5.74, 6) is 0.765. The molecule has 5 atom stereocenters. The van der Waals surface area contributed by atoms with E-state index in [-0.39, 0.29) is 76.4 Å². The van der Waals surface area contributed by atoms with Gasteiger partial charge in [0, 0.05) is 76.0 Å². The Bertz CT molecular complexity index is 3360. The lowest BCUT2D eigenvalue weighted by Crippen LogP contribution is -2.60. The first-order valence-corrected chi connectivity index (χ1v) is 57.3. The number of carbonyl (C=O) groups is 7. The van der Waals surface area contributed by atoms with Crippen LogP contribution in [-0.2, 0) is 60.0 Å². The first-order valence-electron chi connectivity index (χ1n) is 42.9. The summed E-state index contributed by atoms with van der Waals surface area (Å²) in [4.78, 5) is 88.8. The van der Waals surface area contributed by atoms with Gasteiger partial charge in [-0.2, -0.15) is 0 Å². The zero-order chi connectivity index (χ0) is 88.5. The van der Waals surface area contributed by atoms with E-state index < -0.39 is 39.2 Å². The number of halogens is 1. The number of likely N-dealkylation sites (N-methyl/N-ethyl adjacent to an activating group) is 1. The highest BCUT2D eigenvalue weighted by Crippen LogP contribution is 2.37. The van der Waals surface area contributed by atoms with Crippen LogP contribution in [-0.4, -0.2) is 159 Å². The number of ketones is 2. The maximum absolute atomic E-state index is 12.3. The lowest BCUT2D eigenvalue weighted by Gasteiger charge is -2.42. The van der Waals surface area contributed by atoms with E-state index in [1.165, 1.54) is 75.5 Å². The summed E-state index contributed by atoms with van der Waals surface area (Å²) in [7, 11) is -0.372. The number of nitrogens with zero attached hydrogens (tertiary/aromatic N) is 2. The molecular weight excluding hydrogens is 1580 g/mol. The number of thioether (sulfide) groups is 2. The van der Waals surface area contributed by atoms with E-state index in [4.69, 9.17) is 47.6 Å². The second-order valence-corrected chi connectivity index (χ2v) is 54.9. The van der Waals surface area contributed by atoms with Gasteiger partial charge in [0.2, 0.25) is 0 Å². The molecule has 0 fully saturated rings. The van der Waals surface area contributed by atoms with Crippen molar-refractivity contribution < 1.29 is 69.6 Å². The van der Waals surface area contributed by atoms with Crippen molar-refractivity contribution in [2.75, 3.05) is 78.4 Å². The number of hydrogen-bond donors (Lipinski definition) is 0. The van der Waals surface area contributed by atoms with Crippen molar-refractivity contribution in [3.8, 4) is 0 Å². The maximum atomic E-state index is 12.3. The van der Waals surface area contributed by atoms with Crippen molar-refractivity contribution >= 4 is 116 Å². The molecule has 5 unspecified atom stereocenters. The van der Waals surface area contributed by atoms with Gasteiger partial charge in [-0.15, -0.1) is 23.5 Å². The molecule has 0 saturated carbocycles. The van der Waals surface area contributed by atoms with Gasteiger partial charge in [-0.3, -0.25) is 33.6 Å². The predicted octanol–water partition coefficient (Wildman–Crippen LogP) is 24.7. The number of ether oxygens (including phenoxy) is 5. The zero-order valence-corrected chi connectivity index (χ0v) is 83.6. The summed E-state index contributed by atoms with van der Waals surface area (Å²) in [6.45, 7) is 52.6. The van der Waals surface area contributed by atoms with Crippen LogP contribution in [0.1, 0.15) is 257 Å². The molecule has 0 radical (unpaired) electrons. The predicted molar refractivity (Wildman–Crippen MR) is 497 cm³/mol. The van der Waals surface area contributed by atoms with Crippen LogP contribution in [0.4, 0.5) is 5.69 Å². The van der Waals surface area contributed by atoms with E-state index in [0.29, 0.717) is 78.7 Å². The molecule has 0 bridgehead atoms. The van der Waals surface area contributed by atoms with E-state index in [0.717, 1.165) is 54.9 Å². The third-order valence-electron chi connectivity index (χ3n) is 19.4. The Hall–Kier alpha value is -4.93. The molecule has 4 aromatic rings. The molecule has 0 aliphatic carbocycles. The maximum Gasteiger partial charge on any atom is 0.469 e. The highest BCUT2D eigenvalue weighted by molar-refractivity contribution is 8.00. The van der Waals surface area contributed by atoms with E-state index in [1.54, 1.807) is 35.7 Å². The lowest BCUT2D eigenvalue weighted by atomic mass is 9.91. The summed E-state index contributed by atoms with van der Waals surface area (Å²) in [6, 6.07) is 31.6. The van der Waals surface area contributed by atoms with Crippen molar-refractivity contribution in [1.29, 1.82) is 0 Å². The van der Waals surface area contributed by atoms with Gasteiger partial charge >= 0.3 is 38.7 Å². The van der Waals surface area contributed by atoms with Gasteiger partial charge in [-0.1, -0.05) is 188 Å². The van der Waals surface area contributed by atoms with Crippen LogP contribution in [0.15, 0.2) is 107 Å². The minimum Gasteiger partial charge on any atom is -0.465 e. The van der Waals surface area contributed by atoms with E-state index in [9.17, 15) is 33.6 Å². The van der Waals surface area contributed by atoms with Crippen LogP contribution in [0, 0.1) is 28.6 Å². The van der Waals surface area contributed by atoms with Crippen molar-refractivity contribution in [2.24, 2.45) is 28.6 Å². The van der Waals surface area contributed by atoms with Crippen molar-refractivity contribution in [2.45, 2.75) is 305 Å². The Morgan fingerprint density at radius 2 is 0.957 bits per heavy atom. The third kappa shape index (κ3) is 50.3. The normalized spacial score (nSPS) is 13.9. The van der Waals surface area contributed by atoms with Gasteiger partial charge in [-0.05, 0) is 218 Å². The number of unbranched alkanes of at least 4 members (excludes halogenated alkanes) is 9. The van der Waals surface area contributed by atoms with Gasteiger partial charge in [0.05, 0.1) is 47.0 Å². The Kier molecular flexibility index (Phi) is 56.4. The second kappa shape index (κ2) is 58.9. The molecule has 1 aliphatic heterocycles. The molecule has 5 rings (SSSR count). The molecule has 0 spiro atoms. The fourth-order valence-electron chi connectivity index (χ4n) is 10.5. The van der Waals surface area contributed by atoms with Gasteiger partial charge in [-0.25, -0.2) is 0 Å². The largest absolute Gasteiger partial charge is 0.469 e. The summed E-state index contributed by atoms with van der Waals surface area (Å²) >= 11 is 9.08. The monoisotopic (exact) mass is 1740 g/mol. The number of hydrogen-bond acceptors (Lipinski definition) is 19. The highest BCUT2D eigenvalue weighted by Gasteiger charge is 2.50. The van der Waals surface area contributed by atoms with E-state index in [2.05, 4.69) is 123 Å². The zero-order valence-electron chi connectivity index (χ0n) is 77.2. The van der Waals surface area contributed by atoms with Crippen molar-refractivity contribution in [3.63, 3.8) is 0 Å². The van der Waals surface area contributed by atoms with Crippen LogP contribution < -0.4 is 4.90 Å². The van der Waals surface area contributed by atoms with Crippen molar-refractivity contribution in [1.82, 2.24) is 4.90 Å². The molecule has 1 heterocycles. The Morgan fingerprint density at radius 1 is 0.517 bits per heavy atom. The minimum absolute atomic E-state index is 0.0100. The Labute approximate surface area is 722 Å². The summed E-state index contributed by atoms with van der Waals surface area (Å²) < 4.78 is 46.3. The molecular formula is C92H157ClN2O15S2Si4. The minimum atomic E-state index is -2.83. The van der Waals surface area contributed by atoms with Crippen LogP contribution in [0.5, 0.6) is 0 Å². The molecule has 4 aromatic carbocycles. The number of anilines is 1. The number of benzene rings is 4.